The van der Waals surface area contributed by atoms with Gasteiger partial charge >= 0.3 is 0 Å². The summed E-state index contributed by atoms with van der Waals surface area (Å²) in [6.45, 7) is 6.07. The third-order valence-electron chi connectivity index (χ3n) is 5.66. The molecule has 0 aliphatic carbocycles. The van der Waals surface area contributed by atoms with Gasteiger partial charge in [0.25, 0.3) is 0 Å². The molecule has 0 saturated heterocycles. The second-order valence-electron chi connectivity index (χ2n) is 9.18. The lowest BCUT2D eigenvalue weighted by atomic mass is 9.93. The Morgan fingerprint density at radius 2 is 1.66 bits per heavy atom. The van der Waals surface area contributed by atoms with Crippen molar-refractivity contribution < 1.29 is 23.5 Å². The van der Waals surface area contributed by atoms with E-state index in [1.54, 1.807) is 33.6 Å². The van der Waals surface area contributed by atoms with Gasteiger partial charge in [-0.3, -0.25) is 9.78 Å². The summed E-state index contributed by atoms with van der Waals surface area (Å²) >= 11 is 0. The summed E-state index contributed by atoms with van der Waals surface area (Å²) in [5, 5.41) is 7.54. The minimum atomic E-state index is -0.176. The molecule has 35 heavy (non-hydrogen) atoms. The van der Waals surface area contributed by atoms with Gasteiger partial charge in [0.1, 0.15) is 5.76 Å². The van der Waals surface area contributed by atoms with E-state index in [1.807, 2.05) is 57.2 Å². The number of fused-ring (bicyclic) bond motifs is 1. The summed E-state index contributed by atoms with van der Waals surface area (Å²) in [4.78, 5) is 17.1. The fourth-order valence-electron chi connectivity index (χ4n) is 3.78. The van der Waals surface area contributed by atoms with Crippen molar-refractivity contribution in [3.8, 4) is 28.4 Å². The Bertz CT molecular complexity index is 1350. The summed E-state index contributed by atoms with van der Waals surface area (Å²) in [6, 6.07) is 13.4. The SMILES string of the molecule is COc1cc2ncc(-c3ccc(CC(=O)Nc4cc(C(C)(C)C)on4)cc3)cc2c(OC)c1OC. The fraction of sp³-hybridized carbons (Fsp3) is 0.296. The molecule has 4 aromatic rings. The van der Waals surface area contributed by atoms with Crippen molar-refractivity contribution in [2.24, 2.45) is 0 Å². The lowest BCUT2D eigenvalue weighted by Crippen LogP contribution is -2.14. The minimum Gasteiger partial charge on any atom is -0.493 e. The highest BCUT2D eigenvalue weighted by atomic mass is 16.5. The normalized spacial score (nSPS) is 11.4. The molecule has 4 rings (SSSR count). The van der Waals surface area contributed by atoms with Crippen LogP contribution in [0.1, 0.15) is 32.1 Å². The third kappa shape index (κ3) is 5.06. The van der Waals surface area contributed by atoms with Crippen LogP contribution in [0, 0.1) is 0 Å². The van der Waals surface area contributed by atoms with Crippen LogP contribution in [-0.4, -0.2) is 37.4 Å². The largest absolute Gasteiger partial charge is 0.493 e. The van der Waals surface area contributed by atoms with E-state index in [2.05, 4.69) is 15.5 Å². The zero-order chi connectivity index (χ0) is 25.2. The van der Waals surface area contributed by atoms with E-state index >= 15 is 0 Å². The second kappa shape index (κ2) is 9.66. The first kappa shape index (κ1) is 24.1. The number of benzene rings is 2. The van der Waals surface area contributed by atoms with Crippen molar-refractivity contribution >= 4 is 22.6 Å². The lowest BCUT2D eigenvalue weighted by Gasteiger charge is -2.15. The number of pyridine rings is 1. The molecule has 0 spiro atoms. The average molecular weight is 476 g/mol. The number of anilines is 1. The van der Waals surface area contributed by atoms with E-state index in [9.17, 15) is 4.79 Å². The van der Waals surface area contributed by atoms with Crippen molar-refractivity contribution in [2.45, 2.75) is 32.6 Å². The van der Waals surface area contributed by atoms with Gasteiger partial charge in [-0.25, -0.2) is 0 Å². The molecule has 0 bridgehead atoms. The van der Waals surface area contributed by atoms with Crippen molar-refractivity contribution in [1.29, 1.82) is 0 Å². The first-order chi connectivity index (χ1) is 16.7. The number of aromatic nitrogens is 2. The Morgan fingerprint density at radius 1 is 0.943 bits per heavy atom. The van der Waals surface area contributed by atoms with Gasteiger partial charge < -0.3 is 24.1 Å². The number of nitrogens with zero attached hydrogens (tertiary/aromatic N) is 2. The van der Waals surface area contributed by atoms with E-state index < -0.39 is 0 Å². The number of hydrogen-bond acceptors (Lipinski definition) is 7. The molecule has 0 unspecified atom stereocenters. The molecule has 1 N–H and O–H groups in total. The van der Waals surface area contributed by atoms with Crippen molar-refractivity contribution in [3.63, 3.8) is 0 Å². The molecule has 0 fully saturated rings. The predicted octanol–water partition coefficient (Wildman–Crippen LogP) is 5.39. The molecule has 0 radical (unpaired) electrons. The van der Waals surface area contributed by atoms with Crippen LogP contribution in [0.2, 0.25) is 0 Å². The van der Waals surface area contributed by atoms with Gasteiger partial charge in [0, 0.05) is 34.7 Å². The minimum absolute atomic E-state index is 0.162. The van der Waals surface area contributed by atoms with Gasteiger partial charge in [0.05, 0.1) is 33.3 Å². The molecule has 8 nitrogen and oxygen atoms in total. The van der Waals surface area contributed by atoms with Crippen LogP contribution in [-0.2, 0) is 16.6 Å². The van der Waals surface area contributed by atoms with Crippen LogP contribution >= 0.6 is 0 Å². The monoisotopic (exact) mass is 475 g/mol. The maximum atomic E-state index is 12.5. The Balaban J connectivity index is 1.52. The van der Waals surface area contributed by atoms with Gasteiger partial charge in [-0.05, 0) is 17.2 Å². The van der Waals surface area contributed by atoms with E-state index in [0.717, 1.165) is 27.6 Å². The van der Waals surface area contributed by atoms with Crippen LogP contribution in [0.3, 0.4) is 0 Å². The average Bonchev–Trinajstić information content (AvgIpc) is 3.31. The third-order valence-corrected chi connectivity index (χ3v) is 5.66. The summed E-state index contributed by atoms with van der Waals surface area (Å²) in [6.07, 6.45) is 2.02. The van der Waals surface area contributed by atoms with Gasteiger partial charge in [0.15, 0.2) is 17.3 Å². The number of hydrogen-bond donors (Lipinski definition) is 1. The molecule has 8 heteroatoms. The quantitative estimate of drug-likeness (QED) is 0.383. The van der Waals surface area contributed by atoms with Gasteiger partial charge in [-0.2, -0.15) is 0 Å². The summed E-state index contributed by atoms with van der Waals surface area (Å²) in [5.74, 6) is 2.61. The summed E-state index contributed by atoms with van der Waals surface area (Å²) in [5.41, 5.74) is 3.32. The Labute approximate surface area is 204 Å². The van der Waals surface area contributed by atoms with Crippen LogP contribution in [0.25, 0.3) is 22.0 Å². The Morgan fingerprint density at radius 3 is 2.26 bits per heavy atom. The number of ether oxygens (including phenoxy) is 3. The highest BCUT2D eigenvalue weighted by Crippen LogP contribution is 2.43. The molecule has 0 saturated carbocycles. The van der Waals surface area contributed by atoms with Crippen LogP contribution in [0.15, 0.2) is 53.2 Å². The molecule has 1 amide bonds. The predicted molar refractivity (Wildman–Crippen MR) is 134 cm³/mol. The van der Waals surface area contributed by atoms with Crippen molar-refractivity contribution in [2.75, 3.05) is 26.6 Å². The Hall–Kier alpha value is -4.07. The number of carbonyl (C=O) groups is 1. The van der Waals surface area contributed by atoms with Crippen LogP contribution in [0.5, 0.6) is 17.2 Å². The molecule has 0 aliphatic rings. The van der Waals surface area contributed by atoms with Gasteiger partial charge in [-0.1, -0.05) is 50.2 Å². The zero-order valence-corrected chi connectivity index (χ0v) is 20.8. The maximum Gasteiger partial charge on any atom is 0.230 e. The number of methoxy groups -OCH3 is 3. The zero-order valence-electron chi connectivity index (χ0n) is 20.8. The molecule has 2 heterocycles. The van der Waals surface area contributed by atoms with Crippen molar-refractivity contribution in [1.82, 2.24) is 10.1 Å². The van der Waals surface area contributed by atoms with Crippen LogP contribution in [0.4, 0.5) is 5.82 Å². The van der Waals surface area contributed by atoms with Crippen molar-refractivity contribution in [3.05, 3.63) is 60.0 Å². The topological polar surface area (TPSA) is 95.7 Å². The molecule has 0 aliphatic heterocycles. The number of carbonyl (C=O) groups excluding carboxylic acids is 1. The fourth-order valence-corrected chi connectivity index (χ4v) is 3.78. The number of amides is 1. The number of nitrogens with one attached hydrogen (secondary N) is 1. The molecule has 0 atom stereocenters. The van der Waals surface area contributed by atoms with Gasteiger partial charge in [0.2, 0.25) is 11.7 Å². The molecule has 2 aromatic heterocycles. The van der Waals surface area contributed by atoms with E-state index in [-0.39, 0.29) is 17.7 Å². The second-order valence-corrected chi connectivity index (χ2v) is 9.18. The molecular weight excluding hydrogens is 446 g/mol. The molecule has 2 aromatic carbocycles. The molecular formula is C27H29N3O5. The highest BCUT2D eigenvalue weighted by Gasteiger charge is 2.20. The lowest BCUT2D eigenvalue weighted by molar-refractivity contribution is -0.115. The van der Waals surface area contributed by atoms with E-state index in [4.69, 9.17) is 18.7 Å². The summed E-state index contributed by atoms with van der Waals surface area (Å²) < 4.78 is 21.9. The Kier molecular flexibility index (Phi) is 6.64. The summed E-state index contributed by atoms with van der Waals surface area (Å²) in [7, 11) is 4.74. The van der Waals surface area contributed by atoms with Crippen LogP contribution < -0.4 is 19.5 Å². The van der Waals surface area contributed by atoms with E-state index in [0.29, 0.717) is 28.8 Å². The van der Waals surface area contributed by atoms with E-state index in [1.165, 1.54) is 0 Å². The van der Waals surface area contributed by atoms with Gasteiger partial charge in [-0.15, -0.1) is 0 Å². The highest BCUT2D eigenvalue weighted by molar-refractivity contribution is 5.93. The first-order valence-electron chi connectivity index (χ1n) is 11.2. The standard InChI is InChI=1S/C27H29N3O5/c1-27(2,3)22-14-23(30-35-22)29-24(31)11-16-7-9-17(10-8-16)18-12-19-20(28-15-18)13-21(32-4)26(34-6)25(19)33-5/h7-10,12-15H,11H2,1-6H3,(H,29,30,31). The number of rotatable bonds is 7. The first-order valence-corrected chi connectivity index (χ1v) is 11.2. The maximum absolute atomic E-state index is 12.5. The molecule has 182 valence electrons. The smallest absolute Gasteiger partial charge is 0.230 e.